The number of aliphatic carboxylic acids is 1. The molecule has 0 bridgehead atoms. The molecular formula is C15H28N2O3. The van der Waals surface area contributed by atoms with Gasteiger partial charge >= 0.3 is 12.0 Å². The van der Waals surface area contributed by atoms with Gasteiger partial charge in [0.15, 0.2) is 0 Å². The molecule has 2 amide bonds. The van der Waals surface area contributed by atoms with Gasteiger partial charge in [0.2, 0.25) is 0 Å². The highest BCUT2D eigenvalue weighted by atomic mass is 16.4. The van der Waals surface area contributed by atoms with Crippen LogP contribution in [0.4, 0.5) is 4.79 Å². The summed E-state index contributed by atoms with van der Waals surface area (Å²) < 4.78 is 0. The Kier molecular flexibility index (Phi) is 7.41. The minimum absolute atomic E-state index is 0.235. The maximum Gasteiger partial charge on any atom is 0.326 e. The van der Waals surface area contributed by atoms with Crippen molar-refractivity contribution in [2.24, 2.45) is 11.8 Å². The van der Waals surface area contributed by atoms with Crippen LogP contribution in [0.1, 0.15) is 58.8 Å². The second kappa shape index (κ2) is 8.82. The first-order valence-electron chi connectivity index (χ1n) is 7.76. The number of hydrogen-bond acceptors (Lipinski definition) is 2. The molecule has 1 aliphatic rings. The highest BCUT2D eigenvalue weighted by Crippen LogP contribution is 2.25. The van der Waals surface area contributed by atoms with E-state index in [4.69, 9.17) is 5.11 Å². The molecule has 0 spiro atoms. The zero-order valence-corrected chi connectivity index (χ0v) is 12.7. The Bertz CT molecular complexity index is 312. The van der Waals surface area contributed by atoms with E-state index >= 15 is 0 Å². The maximum absolute atomic E-state index is 11.7. The summed E-state index contributed by atoms with van der Waals surface area (Å²) in [5.41, 5.74) is 0. The third kappa shape index (κ3) is 6.78. The number of hydrogen-bond donors (Lipinski definition) is 3. The molecule has 0 unspecified atom stereocenters. The van der Waals surface area contributed by atoms with Crippen LogP contribution in [0.3, 0.4) is 0 Å². The highest BCUT2D eigenvalue weighted by molar-refractivity contribution is 5.82. The summed E-state index contributed by atoms with van der Waals surface area (Å²) in [5.74, 6) is -0.0187. The van der Waals surface area contributed by atoms with Crippen LogP contribution in [0, 0.1) is 11.8 Å². The van der Waals surface area contributed by atoms with Crippen molar-refractivity contribution in [3.63, 3.8) is 0 Å². The Hall–Kier alpha value is -1.26. The lowest BCUT2D eigenvalue weighted by Crippen LogP contribution is -2.46. The van der Waals surface area contributed by atoms with E-state index in [1.807, 2.05) is 13.8 Å². The topological polar surface area (TPSA) is 78.4 Å². The van der Waals surface area contributed by atoms with Crippen molar-refractivity contribution < 1.29 is 14.7 Å². The maximum atomic E-state index is 11.7. The lowest BCUT2D eigenvalue weighted by atomic mass is 9.87. The van der Waals surface area contributed by atoms with Crippen molar-refractivity contribution in [3.8, 4) is 0 Å². The van der Waals surface area contributed by atoms with E-state index in [0.29, 0.717) is 13.0 Å². The predicted molar refractivity (Wildman–Crippen MR) is 78.6 cm³/mol. The first-order chi connectivity index (χ1) is 9.49. The lowest BCUT2D eigenvalue weighted by molar-refractivity contribution is -0.139. The predicted octanol–water partition coefficient (Wildman–Crippen LogP) is 2.76. The zero-order chi connectivity index (χ0) is 15.0. The van der Waals surface area contributed by atoms with Crippen LogP contribution >= 0.6 is 0 Å². The van der Waals surface area contributed by atoms with Crippen molar-refractivity contribution >= 4 is 12.0 Å². The van der Waals surface area contributed by atoms with Gasteiger partial charge in [-0.1, -0.05) is 46.0 Å². The SMILES string of the molecule is CC(C)C[C@@H](NC(=O)NCCC1CCCCC1)C(=O)O. The first kappa shape index (κ1) is 16.8. The zero-order valence-electron chi connectivity index (χ0n) is 12.7. The molecule has 0 aromatic heterocycles. The van der Waals surface area contributed by atoms with Crippen LogP contribution in [-0.4, -0.2) is 29.7 Å². The molecule has 3 N–H and O–H groups in total. The third-order valence-electron chi connectivity index (χ3n) is 3.87. The smallest absolute Gasteiger partial charge is 0.326 e. The van der Waals surface area contributed by atoms with Gasteiger partial charge in [-0.2, -0.15) is 0 Å². The summed E-state index contributed by atoms with van der Waals surface area (Å²) in [6.07, 6.45) is 7.89. The summed E-state index contributed by atoms with van der Waals surface area (Å²) in [7, 11) is 0. The van der Waals surface area contributed by atoms with Crippen LogP contribution in [0.15, 0.2) is 0 Å². The Labute approximate surface area is 121 Å². The molecule has 5 nitrogen and oxygen atoms in total. The fourth-order valence-corrected chi connectivity index (χ4v) is 2.77. The molecule has 1 atom stereocenters. The van der Waals surface area contributed by atoms with Gasteiger partial charge in [0.1, 0.15) is 6.04 Å². The number of amides is 2. The van der Waals surface area contributed by atoms with Crippen LogP contribution in [0.25, 0.3) is 0 Å². The van der Waals surface area contributed by atoms with Gasteiger partial charge < -0.3 is 15.7 Å². The third-order valence-corrected chi connectivity index (χ3v) is 3.87. The van der Waals surface area contributed by atoms with Crippen molar-refractivity contribution in [2.75, 3.05) is 6.54 Å². The van der Waals surface area contributed by atoms with Crippen LogP contribution < -0.4 is 10.6 Å². The number of carboxylic acids is 1. The second-order valence-electron chi connectivity index (χ2n) is 6.21. The Morgan fingerprint density at radius 3 is 2.40 bits per heavy atom. The molecule has 0 saturated heterocycles. The first-order valence-corrected chi connectivity index (χ1v) is 7.76. The quantitative estimate of drug-likeness (QED) is 0.672. The molecule has 1 fully saturated rings. The molecule has 0 aromatic rings. The fraction of sp³-hybridized carbons (Fsp3) is 0.867. The van der Waals surface area contributed by atoms with E-state index < -0.39 is 12.0 Å². The molecule has 116 valence electrons. The van der Waals surface area contributed by atoms with Gasteiger partial charge in [0, 0.05) is 6.54 Å². The number of rotatable bonds is 7. The average Bonchev–Trinajstić information content (AvgIpc) is 2.38. The minimum atomic E-state index is -0.971. The lowest BCUT2D eigenvalue weighted by Gasteiger charge is -2.22. The molecular weight excluding hydrogens is 256 g/mol. The van der Waals surface area contributed by atoms with Crippen LogP contribution in [0.2, 0.25) is 0 Å². The molecule has 5 heteroatoms. The molecule has 1 saturated carbocycles. The molecule has 1 rings (SSSR count). The molecule has 0 aliphatic heterocycles. The van der Waals surface area contributed by atoms with E-state index in [1.54, 1.807) is 0 Å². The van der Waals surface area contributed by atoms with E-state index in [9.17, 15) is 9.59 Å². The molecule has 0 heterocycles. The van der Waals surface area contributed by atoms with Crippen LogP contribution in [-0.2, 0) is 4.79 Å². The summed E-state index contributed by atoms with van der Waals surface area (Å²) in [6, 6.07) is -1.17. The molecule has 1 aliphatic carbocycles. The Morgan fingerprint density at radius 1 is 1.20 bits per heavy atom. The number of carboxylic acid groups (broad SMARTS) is 1. The van der Waals surface area contributed by atoms with E-state index in [0.717, 1.165) is 12.3 Å². The van der Waals surface area contributed by atoms with E-state index in [1.165, 1.54) is 32.1 Å². The Balaban J connectivity index is 2.21. The van der Waals surface area contributed by atoms with Crippen molar-refractivity contribution in [1.29, 1.82) is 0 Å². The van der Waals surface area contributed by atoms with E-state index in [2.05, 4.69) is 10.6 Å². The summed E-state index contributed by atoms with van der Waals surface area (Å²) in [5, 5.41) is 14.4. The standard InChI is InChI=1S/C15H28N2O3/c1-11(2)10-13(14(18)19)17-15(20)16-9-8-12-6-4-3-5-7-12/h11-13H,3-10H2,1-2H3,(H,18,19)(H2,16,17,20)/t13-/m1/s1. The minimum Gasteiger partial charge on any atom is -0.480 e. The average molecular weight is 284 g/mol. The summed E-state index contributed by atoms with van der Waals surface area (Å²) >= 11 is 0. The summed E-state index contributed by atoms with van der Waals surface area (Å²) in [6.45, 7) is 4.52. The number of carbonyl (C=O) groups is 2. The van der Waals surface area contributed by atoms with Gasteiger partial charge in [-0.15, -0.1) is 0 Å². The molecule has 0 aromatic carbocycles. The molecule has 20 heavy (non-hydrogen) atoms. The van der Waals surface area contributed by atoms with Gasteiger partial charge in [0.25, 0.3) is 0 Å². The van der Waals surface area contributed by atoms with Gasteiger partial charge in [-0.25, -0.2) is 9.59 Å². The normalized spacial score (nSPS) is 17.8. The van der Waals surface area contributed by atoms with Crippen molar-refractivity contribution in [1.82, 2.24) is 10.6 Å². The fourth-order valence-electron chi connectivity index (χ4n) is 2.77. The molecule has 0 radical (unpaired) electrons. The van der Waals surface area contributed by atoms with Crippen LogP contribution in [0.5, 0.6) is 0 Å². The number of carbonyl (C=O) groups excluding carboxylic acids is 1. The number of urea groups is 1. The highest BCUT2D eigenvalue weighted by Gasteiger charge is 2.21. The second-order valence-corrected chi connectivity index (χ2v) is 6.21. The van der Waals surface area contributed by atoms with Crippen molar-refractivity contribution in [3.05, 3.63) is 0 Å². The largest absolute Gasteiger partial charge is 0.480 e. The van der Waals surface area contributed by atoms with E-state index in [-0.39, 0.29) is 11.9 Å². The van der Waals surface area contributed by atoms with Gasteiger partial charge in [-0.05, 0) is 24.7 Å². The number of nitrogens with one attached hydrogen (secondary N) is 2. The monoisotopic (exact) mass is 284 g/mol. The Morgan fingerprint density at radius 2 is 1.85 bits per heavy atom. The van der Waals surface area contributed by atoms with Crippen molar-refractivity contribution in [2.45, 2.75) is 64.8 Å². The van der Waals surface area contributed by atoms with Gasteiger partial charge in [0.05, 0.1) is 0 Å². The summed E-state index contributed by atoms with van der Waals surface area (Å²) in [4.78, 5) is 22.7. The van der Waals surface area contributed by atoms with Gasteiger partial charge in [-0.3, -0.25) is 0 Å².